The van der Waals surface area contributed by atoms with Gasteiger partial charge in [-0.1, -0.05) is 36.7 Å². The van der Waals surface area contributed by atoms with Crippen LogP contribution in [0.15, 0.2) is 36.9 Å². The smallest absolute Gasteiger partial charge is 0.115 e. The first-order valence-electron chi connectivity index (χ1n) is 5.97. The molecule has 1 aromatic heterocycles. The van der Waals surface area contributed by atoms with Gasteiger partial charge in [-0.3, -0.25) is 0 Å². The van der Waals surface area contributed by atoms with Gasteiger partial charge in [-0.25, -0.2) is 9.97 Å². The van der Waals surface area contributed by atoms with Gasteiger partial charge in [-0.15, -0.1) is 0 Å². The summed E-state index contributed by atoms with van der Waals surface area (Å²) in [6.07, 6.45) is 5.17. The van der Waals surface area contributed by atoms with E-state index < -0.39 is 0 Å². The van der Waals surface area contributed by atoms with Gasteiger partial charge in [-0.2, -0.15) is 0 Å². The summed E-state index contributed by atoms with van der Waals surface area (Å²) in [6, 6.07) is 6.10. The molecule has 0 saturated carbocycles. The van der Waals surface area contributed by atoms with Crippen LogP contribution < -0.4 is 5.32 Å². The van der Waals surface area contributed by atoms with Crippen molar-refractivity contribution in [2.45, 2.75) is 19.9 Å². The van der Waals surface area contributed by atoms with Gasteiger partial charge in [0.2, 0.25) is 0 Å². The minimum Gasteiger partial charge on any atom is -0.306 e. The summed E-state index contributed by atoms with van der Waals surface area (Å²) in [6.45, 7) is 4.93. The van der Waals surface area contributed by atoms with E-state index in [1.807, 2.05) is 37.5 Å². The van der Waals surface area contributed by atoms with Crippen molar-refractivity contribution >= 4 is 11.6 Å². The molecule has 1 atom stereocenters. The van der Waals surface area contributed by atoms with Crippen LogP contribution in [-0.4, -0.2) is 16.5 Å². The lowest BCUT2D eigenvalue weighted by atomic mass is 9.99. The molecule has 0 aliphatic heterocycles. The molecule has 0 aliphatic carbocycles. The van der Waals surface area contributed by atoms with Crippen molar-refractivity contribution in [3.05, 3.63) is 58.6 Å². The predicted molar refractivity (Wildman–Crippen MR) is 73.7 cm³/mol. The molecule has 2 aromatic rings. The Morgan fingerprint density at radius 2 is 2.00 bits per heavy atom. The van der Waals surface area contributed by atoms with E-state index in [1.54, 1.807) is 0 Å². The SMILES string of the molecule is CCNC(c1cncnc1)c1cccc(C)c1Cl. The third-order valence-electron chi connectivity index (χ3n) is 2.85. The van der Waals surface area contributed by atoms with Crippen molar-refractivity contribution in [2.24, 2.45) is 0 Å². The molecule has 1 N–H and O–H groups in total. The van der Waals surface area contributed by atoms with Gasteiger partial charge in [0.05, 0.1) is 6.04 Å². The second kappa shape index (κ2) is 5.94. The molecule has 0 amide bonds. The molecular weight excluding hydrogens is 246 g/mol. The fourth-order valence-electron chi connectivity index (χ4n) is 1.96. The van der Waals surface area contributed by atoms with Gasteiger partial charge in [0.15, 0.2) is 0 Å². The van der Waals surface area contributed by atoms with E-state index >= 15 is 0 Å². The normalized spacial score (nSPS) is 12.4. The topological polar surface area (TPSA) is 37.8 Å². The number of aromatic nitrogens is 2. The molecule has 2 rings (SSSR count). The molecule has 0 radical (unpaired) electrons. The molecule has 0 aliphatic rings. The third kappa shape index (κ3) is 2.68. The van der Waals surface area contributed by atoms with E-state index in [0.29, 0.717) is 0 Å². The number of aryl methyl sites for hydroxylation is 1. The molecule has 0 spiro atoms. The molecule has 3 nitrogen and oxygen atoms in total. The van der Waals surface area contributed by atoms with Crippen molar-refractivity contribution in [3.8, 4) is 0 Å². The van der Waals surface area contributed by atoms with Crippen molar-refractivity contribution in [1.82, 2.24) is 15.3 Å². The van der Waals surface area contributed by atoms with E-state index in [2.05, 4.69) is 22.2 Å². The Morgan fingerprint density at radius 3 is 2.67 bits per heavy atom. The Morgan fingerprint density at radius 1 is 1.28 bits per heavy atom. The van der Waals surface area contributed by atoms with Gasteiger partial charge in [0, 0.05) is 23.0 Å². The average Bonchev–Trinajstić information content (AvgIpc) is 2.41. The highest BCUT2D eigenvalue weighted by Gasteiger charge is 2.17. The predicted octanol–water partition coefficient (Wildman–Crippen LogP) is 3.14. The van der Waals surface area contributed by atoms with Crippen LogP contribution in [0.5, 0.6) is 0 Å². The number of hydrogen-bond acceptors (Lipinski definition) is 3. The third-order valence-corrected chi connectivity index (χ3v) is 3.37. The fraction of sp³-hybridized carbons (Fsp3) is 0.286. The van der Waals surface area contributed by atoms with E-state index in [4.69, 9.17) is 11.6 Å². The quantitative estimate of drug-likeness (QED) is 0.919. The molecular formula is C14H16ClN3. The van der Waals surface area contributed by atoms with Crippen LogP contribution in [-0.2, 0) is 0 Å². The van der Waals surface area contributed by atoms with Crippen molar-refractivity contribution in [3.63, 3.8) is 0 Å². The Labute approximate surface area is 112 Å². The first-order valence-corrected chi connectivity index (χ1v) is 6.35. The molecule has 1 unspecified atom stereocenters. The maximum atomic E-state index is 6.39. The highest BCUT2D eigenvalue weighted by atomic mass is 35.5. The first kappa shape index (κ1) is 13.0. The minimum absolute atomic E-state index is 0.0311. The maximum absolute atomic E-state index is 6.39. The van der Waals surface area contributed by atoms with E-state index in [0.717, 1.165) is 28.3 Å². The zero-order valence-corrected chi connectivity index (χ0v) is 11.3. The molecule has 4 heteroatoms. The maximum Gasteiger partial charge on any atom is 0.115 e. The van der Waals surface area contributed by atoms with Crippen LogP contribution in [0.2, 0.25) is 5.02 Å². The van der Waals surface area contributed by atoms with Gasteiger partial charge >= 0.3 is 0 Å². The minimum atomic E-state index is 0.0311. The summed E-state index contributed by atoms with van der Waals surface area (Å²) >= 11 is 6.39. The highest BCUT2D eigenvalue weighted by molar-refractivity contribution is 6.32. The number of rotatable bonds is 4. The largest absolute Gasteiger partial charge is 0.306 e. The average molecular weight is 262 g/mol. The first-order chi connectivity index (χ1) is 8.74. The summed E-state index contributed by atoms with van der Waals surface area (Å²) in [7, 11) is 0. The molecule has 0 saturated heterocycles. The Balaban J connectivity index is 2.45. The molecule has 94 valence electrons. The Kier molecular flexibility index (Phi) is 4.28. The molecule has 1 heterocycles. The van der Waals surface area contributed by atoms with Crippen molar-refractivity contribution in [1.29, 1.82) is 0 Å². The van der Waals surface area contributed by atoms with E-state index in [1.165, 1.54) is 6.33 Å². The summed E-state index contributed by atoms with van der Waals surface area (Å²) < 4.78 is 0. The number of halogens is 1. The summed E-state index contributed by atoms with van der Waals surface area (Å²) in [5.74, 6) is 0. The van der Waals surface area contributed by atoms with Crippen molar-refractivity contribution < 1.29 is 0 Å². The van der Waals surface area contributed by atoms with Crippen LogP contribution in [0.4, 0.5) is 0 Å². The standard InChI is InChI=1S/C14H16ClN3/c1-3-18-14(11-7-16-9-17-8-11)12-6-4-5-10(2)13(12)15/h4-9,14,18H,3H2,1-2H3. The second-order valence-electron chi connectivity index (χ2n) is 4.14. The monoisotopic (exact) mass is 261 g/mol. The lowest BCUT2D eigenvalue weighted by Gasteiger charge is -2.20. The van der Waals surface area contributed by atoms with Crippen molar-refractivity contribution in [2.75, 3.05) is 6.54 Å². The van der Waals surface area contributed by atoms with Crippen LogP contribution >= 0.6 is 11.6 Å². The van der Waals surface area contributed by atoms with Crippen LogP contribution in [0.1, 0.15) is 29.7 Å². The number of nitrogens with one attached hydrogen (secondary N) is 1. The Hall–Kier alpha value is -1.45. The number of hydrogen-bond donors (Lipinski definition) is 1. The van der Waals surface area contributed by atoms with Gasteiger partial charge in [-0.05, 0) is 24.6 Å². The zero-order chi connectivity index (χ0) is 13.0. The Bertz CT molecular complexity index is 514. The van der Waals surface area contributed by atoms with Crippen LogP contribution in [0.3, 0.4) is 0 Å². The molecule has 18 heavy (non-hydrogen) atoms. The molecule has 0 bridgehead atoms. The number of nitrogens with zero attached hydrogens (tertiary/aromatic N) is 2. The lowest BCUT2D eigenvalue weighted by molar-refractivity contribution is 0.626. The van der Waals surface area contributed by atoms with Crippen LogP contribution in [0, 0.1) is 6.92 Å². The van der Waals surface area contributed by atoms with Crippen LogP contribution in [0.25, 0.3) is 0 Å². The van der Waals surface area contributed by atoms with Gasteiger partial charge in [0.25, 0.3) is 0 Å². The molecule has 0 fully saturated rings. The van der Waals surface area contributed by atoms with Gasteiger partial charge < -0.3 is 5.32 Å². The number of benzene rings is 1. The fourth-order valence-corrected chi connectivity index (χ4v) is 2.20. The molecule has 1 aromatic carbocycles. The van der Waals surface area contributed by atoms with E-state index in [-0.39, 0.29) is 6.04 Å². The van der Waals surface area contributed by atoms with Gasteiger partial charge in [0.1, 0.15) is 6.33 Å². The summed E-state index contributed by atoms with van der Waals surface area (Å²) in [5, 5.41) is 4.22. The lowest BCUT2D eigenvalue weighted by Crippen LogP contribution is -2.22. The highest BCUT2D eigenvalue weighted by Crippen LogP contribution is 2.29. The van der Waals surface area contributed by atoms with E-state index in [9.17, 15) is 0 Å². The zero-order valence-electron chi connectivity index (χ0n) is 10.5. The second-order valence-corrected chi connectivity index (χ2v) is 4.52. The summed E-state index contributed by atoms with van der Waals surface area (Å²) in [5.41, 5.74) is 3.16. The summed E-state index contributed by atoms with van der Waals surface area (Å²) in [4.78, 5) is 8.14.